The van der Waals surface area contributed by atoms with E-state index in [1.54, 1.807) is 0 Å². The molecule has 0 aliphatic carbocycles. The van der Waals surface area contributed by atoms with Crippen molar-refractivity contribution in [2.45, 2.75) is 45.6 Å². The van der Waals surface area contributed by atoms with Crippen molar-refractivity contribution in [1.82, 2.24) is 0 Å². The van der Waals surface area contributed by atoms with Gasteiger partial charge in [0.1, 0.15) is 11.9 Å². The summed E-state index contributed by atoms with van der Waals surface area (Å²) in [7, 11) is 0. The van der Waals surface area contributed by atoms with E-state index in [9.17, 15) is 4.79 Å². The molecule has 86 valence electrons. The zero-order chi connectivity index (χ0) is 11.9. The highest BCUT2D eigenvalue weighted by atomic mass is 16.5. The number of fused-ring (bicyclic) bond motifs is 1. The summed E-state index contributed by atoms with van der Waals surface area (Å²) in [5.41, 5.74) is 1.86. The number of hydrogen-bond donors (Lipinski definition) is 0. The van der Waals surface area contributed by atoms with Crippen LogP contribution in [0.5, 0.6) is 5.75 Å². The van der Waals surface area contributed by atoms with Gasteiger partial charge in [-0.1, -0.05) is 32.9 Å². The van der Waals surface area contributed by atoms with Crippen LogP contribution in [0.3, 0.4) is 0 Å². The van der Waals surface area contributed by atoms with Crippen molar-refractivity contribution in [3.05, 3.63) is 29.3 Å². The molecule has 0 fully saturated rings. The minimum Gasteiger partial charge on any atom is -0.489 e. The molecule has 1 aromatic carbocycles. The summed E-state index contributed by atoms with van der Waals surface area (Å²) in [6.07, 6.45) is 0.476. The first-order valence-electron chi connectivity index (χ1n) is 5.73. The van der Waals surface area contributed by atoms with E-state index >= 15 is 0 Å². The number of hydrogen-bond acceptors (Lipinski definition) is 2. The van der Waals surface area contributed by atoms with Gasteiger partial charge >= 0.3 is 0 Å². The summed E-state index contributed by atoms with van der Waals surface area (Å²) in [6, 6.07) is 5.85. The lowest BCUT2D eigenvalue weighted by molar-refractivity contribution is 0.0867. The number of benzene rings is 1. The van der Waals surface area contributed by atoms with Gasteiger partial charge in [-0.2, -0.15) is 0 Å². The Hall–Kier alpha value is -1.31. The van der Waals surface area contributed by atoms with Gasteiger partial charge in [0, 0.05) is 12.0 Å². The van der Waals surface area contributed by atoms with E-state index in [4.69, 9.17) is 4.74 Å². The molecule has 1 atom stereocenters. The molecule has 2 rings (SSSR count). The highest BCUT2D eigenvalue weighted by Gasteiger charge is 2.29. The standard InChI is InChI=1S/C14H18O2/c1-9-8-12(15)10-6-5-7-11(13(10)16-9)14(2,3)4/h5-7,9H,8H2,1-4H3. The van der Waals surface area contributed by atoms with E-state index in [0.29, 0.717) is 6.42 Å². The third kappa shape index (κ3) is 1.84. The molecule has 1 aromatic rings. The van der Waals surface area contributed by atoms with Gasteiger partial charge in [-0.05, 0) is 18.4 Å². The van der Waals surface area contributed by atoms with Crippen molar-refractivity contribution < 1.29 is 9.53 Å². The monoisotopic (exact) mass is 218 g/mol. The molecule has 0 spiro atoms. The van der Waals surface area contributed by atoms with Crippen LogP contribution in [0.1, 0.15) is 50.0 Å². The molecule has 1 heterocycles. The molecule has 0 saturated carbocycles. The molecule has 16 heavy (non-hydrogen) atoms. The molecule has 0 radical (unpaired) electrons. The Kier molecular flexibility index (Phi) is 2.53. The first-order valence-corrected chi connectivity index (χ1v) is 5.73. The maximum atomic E-state index is 11.9. The number of para-hydroxylation sites is 1. The highest BCUT2D eigenvalue weighted by Crippen LogP contribution is 2.37. The molecule has 0 amide bonds. The molecule has 2 nitrogen and oxygen atoms in total. The van der Waals surface area contributed by atoms with Gasteiger partial charge in [0.2, 0.25) is 0 Å². The number of carbonyl (C=O) groups is 1. The van der Waals surface area contributed by atoms with Gasteiger partial charge < -0.3 is 4.74 Å². The second-order valence-electron chi connectivity index (χ2n) is 5.49. The van der Waals surface area contributed by atoms with Gasteiger partial charge in [-0.3, -0.25) is 4.79 Å². The predicted octanol–water partition coefficient (Wildman–Crippen LogP) is 3.34. The van der Waals surface area contributed by atoms with Crippen LogP contribution in [0.25, 0.3) is 0 Å². The average molecular weight is 218 g/mol. The Morgan fingerprint density at radius 1 is 1.31 bits per heavy atom. The van der Waals surface area contributed by atoms with Crippen LogP contribution in [0.2, 0.25) is 0 Å². The molecule has 0 saturated heterocycles. The van der Waals surface area contributed by atoms with Gasteiger partial charge in [0.05, 0.1) is 5.56 Å². The third-order valence-corrected chi connectivity index (χ3v) is 2.92. The van der Waals surface area contributed by atoms with Crippen molar-refractivity contribution in [3.63, 3.8) is 0 Å². The summed E-state index contributed by atoms with van der Waals surface area (Å²) in [5, 5.41) is 0. The number of ether oxygens (including phenoxy) is 1. The van der Waals surface area contributed by atoms with Crippen LogP contribution in [-0.2, 0) is 5.41 Å². The minimum atomic E-state index is -0.0106. The van der Waals surface area contributed by atoms with Crippen LogP contribution in [0, 0.1) is 0 Å². The van der Waals surface area contributed by atoms with Crippen molar-refractivity contribution in [3.8, 4) is 5.75 Å². The SMILES string of the molecule is CC1CC(=O)c2cccc(C(C)(C)C)c2O1. The van der Waals surface area contributed by atoms with Gasteiger partial charge in [-0.25, -0.2) is 0 Å². The van der Waals surface area contributed by atoms with Crippen LogP contribution in [-0.4, -0.2) is 11.9 Å². The lowest BCUT2D eigenvalue weighted by atomic mass is 9.83. The minimum absolute atomic E-state index is 0.00266. The van der Waals surface area contributed by atoms with E-state index in [1.165, 1.54) is 0 Å². The molecule has 1 unspecified atom stereocenters. The predicted molar refractivity (Wildman–Crippen MR) is 64.2 cm³/mol. The fourth-order valence-corrected chi connectivity index (χ4v) is 2.09. The van der Waals surface area contributed by atoms with Crippen molar-refractivity contribution in [1.29, 1.82) is 0 Å². The molecular weight excluding hydrogens is 200 g/mol. The Balaban J connectivity index is 2.59. The Labute approximate surface area is 96.6 Å². The summed E-state index contributed by atoms with van der Waals surface area (Å²) >= 11 is 0. The average Bonchev–Trinajstić information content (AvgIpc) is 2.15. The van der Waals surface area contributed by atoms with Crippen LogP contribution >= 0.6 is 0 Å². The fraction of sp³-hybridized carbons (Fsp3) is 0.500. The van der Waals surface area contributed by atoms with Crippen molar-refractivity contribution in [2.75, 3.05) is 0 Å². The molecule has 0 bridgehead atoms. The van der Waals surface area contributed by atoms with Crippen molar-refractivity contribution >= 4 is 5.78 Å². The molecule has 1 aliphatic rings. The number of rotatable bonds is 0. The largest absolute Gasteiger partial charge is 0.489 e. The van der Waals surface area contributed by atoms with E-state index in [-0.39, 0.29) is 17.3 Å². The Morgan fingerprint density at radius 2 is 2.00 bits per heavy atom. The summed E-state index contributed by atoms with van der Waals surface area (Å²) in [6.45, 7) is 8.35. The topological polar surface area (TPSA) is 26.3 Å². The van der Waals surface area contributed by atoms with Gasteiger partial charge in [-0.15, -0.1) is 0 Å². The zero-order valence-corrected chi connectivity index (χ0v) is 10.3. The van der Waals surface area contributed by atoms with Crippen LogP contribution in [0.15, 0.2) is 18.2 Å². The van der Waals surface area contributed by atoms with Gasteiger partial charge in [0.25, 0.3) is 0 Å². The Morgan fingerprint density at radius 3 is 2.62 bits per heavy atom. The summed E-state index contributed by atoms with van der Waals surface area (Å²) in [4.78, 5) is 11.9. The lowest BCUT2D eigenvalue weighted by Crippen LogP contribution is -2.27. The fourth-order valence-electron chi connectivity index (χ4n) is 2.09. The maximum absolute atomic E-state index is 11.9. The summed E-state index contributed by atoms with van der Waals surface area (Å²) < 4.78 is 5.84. The van der Waals surface area contributed by atoms with Crippen molar-refractivity contribution in [2.24, 2.45) is 0 Å². The summed E-state index contributed by atoms with van der Waals surface area (Å²) in [5.74, 6) is 0.985. The second-order valence-corrected chi connectivity index (χ2v) is 5.49. The van der Waals surface area contributed by atoms with E-state index in [2.05, 4.69) is 20.8 Å². The number of ketones is 1. The third-order valence-electron chi connectivity index (χ3n) is 2.92. The van der Waals surface area contributed by atoms with Crippen LogP contribution < -0.4 is 4.74 Å². The van der Waals surface area contributed by atoms with Crippen LogP contribution in [0.4, 0.5) is 0 Å². The normalized spacial score (nSPS) is 20.2. The first-order chi connectivity index (χ1) is 7.39. The van der Waals surface area contributed by atoms with E-state index in [0.717, 1.165) is 16.9 Å². The zero-order valence-electron chi connectivity index (χ0n) is 10.3. The van der Waals surface area contributed by atoms with Gasteiger partial charge in [0.15, 0.2) is 5.78 Å². The molecular formula is C14H18O2. The smallest absolute Gasteiger partial charge is 0.170 e. The molecule has 1 aliphatic heterocycles. The quantitative estimate of drug-likeness (QED) is 0.667. The Bertz CT molecular complexity index is 427. The number of carbonyl (C=O) groups excluding carboxylic acids is 1. The molecule has 2 heteroatoms. The molecule has 0 N–H and O–H groups in total. The lowest BCUT2D eigenvalue weighted by Gasteiger charge is -2.29. The molecule has 0 aromatic heterocycles. The van der Waals surface area contributed by atoms with E-state index in [1.807, 2.05) is 25.1 Å². The number of Topliss-reactive ketones (excluding diaryl/α,β-unsaturated/α-hetero) is 1. The van der Waals surface area contributed by atoms with E-state index < -0.39 is 0 Å². The maximum Gasteiger partial charge on any atom is 0.170 e. The highest BCUT2D eigenvalue weighted by molar-refractivity contribution is 6.00. The second kappa shape index (κ2) is 3.62. The first kappa shape index (κ1) is 11.2.